The number of nitrogens with zero attached hydrogens (tertiary/aromatic N) is 1. The van der Waals surface area contributed by atoms with Gasteiger partial charge in [0.05, 0.1) is 19.8 Å². The number of nitrogens with two attached hydrogens (primary N) is 1. The summed E-state index contributed by atoms with van der Waals surface area (Å²) >= 11 is 0. The number of hydrogen-bond acceptors (Lipinski definition) is 5. The highest BCUT2D eigenvalue weighted by molar-refractivity contribution is 5.28. The molecule has 0 bridgehead atoms. The third-order valence-electron chi connectivity index (χ3n) is 4.12. The molecule has 2 aliphatic rings. The molecule has 1 aromatic carbocycles. The minimum atomic E-state index is -0.349. The van der Waals surface area contributed by atoms with Gasteiger partial charge in [-0.15, -0.1) is 0 Å². The van der Waals surface area contributed by atoms with E-state index in [2.05, 4.69) is 4.90 Å². The van der Waals surface area contributed by atoms with E-state index in [1.165, 1.54) is 0 Å². The van der Waals surface area contributed by atoms with Crippen molar-refractivity contribution in [2.24, 2.45) is 5.73 Å². The van der Waals surface area contributed by atoms with Crippen molar-refractivity contribution in [3.8, 4) is 5.75 Å². The molecule has 0 atom stereocenters. The second kappa shape index (κ2) is 6.75. The zero-order chi connectivity index (χ0) is 14.5. The third kappa shape index (κ3) is 3.74. The first-order chi connectivity index (χ1) is 10.3. The number of piperidine rings is 1. The Morgan fingerprint density at radius 1 is 1.29 bits per heavy atom. The van der Waals surface area contributed by atoms with Crippen molar-refractivity contribution in [3.05, 3.63) is 29.8 Å². The lowest BCUT2D eigenvalue weighted by atomic mass is 10.0. The van der Waals surface area contributed by atoms with Gasteiger partial charge in [0.2, 0.25) is 0 Å². The van der Waals surface area contributed by atoms with Crippen LogP contribution in [0.3, 0.4) is 0 Å². The molecule has 5 heteroatoms. The third-order valence-corrected chi connectivity index (χ3v) is 4.12. The van der Waals surface area contributed by atoms with E-state index in [0.29, 0.717) is 13.2 Å². The minimum absolute atomic E-state index is 0.349. The zero-order valence-electron chi connectivity index (χ0n) is 12.4. The van der Waals surface area contributed by atoms with E-state index in [-0.39, 0.29) is 5.79 Å². The zero-order valence-corrected chi connectivity index (χ0v) is 12.4. The van der Waals surface area contributed by atoms with Gasteiger partial charge >= 0.3 is 0 Å². The number of benzene rings is 1. The predicted octanol–water partition coefficient (Wildman–Crippen LogP) is 1.36. The van der Waals surface area contributed by atoms with E-state index < -0.39 is 0 Å². The molecule has 2 heterocycles. The molecule has 0 saturated carbocycles. The van der Waals surface area contributed by atoms with Crippen molar-refractivity contribution in [1.29, 1.82) is 0 Å². The summed E-state index contributed by atoms with van der Waals surface area (Å²) in [5, 5.41) is 0. The quantitative estimate of drug-likeness (QED) is 0.888. The monoisotopic (exact) mass is 292 g/mol. The van der Waals surface area contributed by atoms with Crippen LogP contribution in [-0.4, -0.2) is 50.1 Å². The van der Waals surface area contributed by atoms with Crippen LogP contribution in [-0.2, 0) is 16.0 Å². The summed E-state index contributed by atoms with van der Waals surface area (Å²) in [6.45, 7) is 5.47. The molecule has 0 aromatic heterocycles. The highest BCUT2D eigenvalue weighted by Crippen LogP contribution is 2.29. The van der Waals surface area contributed by atoms with Gasteiger partial charge < -0.3 is 19.9 Å². The van der Waals surface area contributed by atoms with Gasteiger partial charge in [0.15, 0.2) is 5.79 Å². The molecule has 2 N–H and O–H groups in total. The Labute approximate surface area is 126 Å². The minimum Gasteiger partial charge on any atom is -0.492 e. The van der Waals surface area contributed by atoms with Crippen LogP contribution in [0.5, 0.6) is 5.75 Å². The Hall–Kier alpha value is -1.14. The average Bonchev–Trinajstić information content (AvgIpc) is 2.95. The van der Waals surface area contributed by atoms with Gasteiger partial charge in [-0.2, -0.15) is 0 Å². The Bertz CT molecular complexity index is 461. The van der Waals surface area contributed by atoms with Crippen molar-refractivity contribution >= 4 is 0 Å². The molecular weight excluding hydrogens is 268 g/mol. The summed E-state index contributed by atoms with van der Waals surface area (Å²) in [5.74, 6) is 0.538. The van der Waals surface area contributed by atoms with Crippen molar-refractivity contribution in [2.75, 3.05) is 39.5 Å². The summed E-state index contributed by atoms with van der Waals surface area (Å²) in [4.78, 5) is 2.36. The maximum absolute atomic E-state index is 5.82. The lowest BCUT2D eigenvalue weighted by molar-refractivity contribution is -0.189. The number of hydrogen-bond donors (Lipinski definition) is 1. The van der Waals surface area contributed by atoms with Gasteiger partial charge in [0, 0.05) is 19.5 Å². The SMILES string of the molecule is NCc1cccc(OCCN2CCCC3(C2)OCCO3)c1. The van der Waals surface area contributed by atoms with E-state index in [0.717, 1.165) is 57.0 Å². The largest absolute Gasteiger partial charge is 0.492 e. The normalized spacial score (nSPS) is 21.8. The number of ether oxygens (including phenoxy) is 3. The van der Waals surface area contributed by atoms with Crippen molar-refractivity contribution < 1.29 is 14.2 Å². The fourth-order valence-corrected chi connectivity index (χ4v) is 3.05. The van der Waals surface area contributed by atoms with Gasteiger partial charge in [0.1, 0.15) is 12.4 Å². The molecule has 0 unspecified atom stereocenters. The maximum atomic E-state index is 5.82. The molecule has 1 spiro atoms. The van der Waals surface area contributed by atoms with Crippen molar-refractivity contribution in [2.45, 2.75) is 25.2 Å². The molecule has 1 aromatic rings. The van der Waals surface area contributed by atoms with Crippen LogP contribution in [0, 0.1) is 0 Å². The van der Waals surface area contributed by atoms with E-state index in [4.69, 9.17) is 19.9 Å². The molecule has 0 amide bonds. The van der Waals surface area contributed by atoms with Crippen molar-refractivity contribution in [1.82, 2.24) is 4.90 Å². The summed E-state index contributed by atoms with van der Waals surface area (Å²) in [5.41, 5.74) is 6.73. The summed E-state index contributed by atoms with van der Waals surface area (Å²) in [6.07, 6.45) is 2.12. The molecule has 3 rings (SSSR count). The van der Waals surface area contributed by atoms with Crippen LogP contribution in [0.2, 0.25) is 0 Å². The molecule has 116 valence electrons. The van der Waals surface area contributed by atoms with Crippen LogP contribution in [0.4, 0.5) is 0 Å². The molecule has 0 radical (unpaired) electrons. The smallest absolute Gasteiger partial charge is 0.181 e. The van der Waals surface area contributed by atoms with Gasteiger partial charge in [0.25, 0.3) is 0 Å². The van der Waals surface area contributed by atoms with Crippen LogP contribution in [0.25, 0.3) is 0 Å². The van der Waals surface area contributed by atoms with E-state index in [9.17, 15) is 0 Å². The molecule has 5 nitrogen and oxygen atoms in total. The molecule has 0 aliphatic carbocycles. The van der Waals surface area contributed by atoms with E-state index in [1.807, 2.05) is 24.3 Å². The first-order valence-electron chi connectivity index (χ1n) is 7.72. The van der Waals surface area contributed by atoms with Gasteiger partial charge in [-0.05, 0) is 30.7 Å². The summed E-state index contributed by atoms with van der Waals surface area (Å²) in [7, 11) is 0. The highest BCUT2D eigenvalue weighted by Gasteiger charge is 2.40. The van der Waals surface area contributed by atoms with Crippen LogP contribution in [0.1, 0.15) is 18.4 Å². The molecule has 2 saturated heterocycles. The standard InChI is InChI=1S/C16H24N2O3/c17-12-14-3-1-4-15(11-14)19-8-7-18-6-2-5-16(13-18)20-9-10-21-16/h1,3-4,11H,2,5-10,12-13,17H2. The fourth-order valence-electron chi connectivity index (χ4n) is 3.05. The van der Waals surface area contributed by atoms with Gasteiger partial charge in [-0.25, -0.2) is 0 Å². The van der Waals surface area contributed by atoms with Crippen LogP contribution < -0.4 is 10.5 Å². The summed E-state index contributed by atoms with van der Waals surface area (Å²) < 4.78 is 17.4. The van der Waals surface area contributed by atoms with Crippen molar-refractivity contribution in [3.63, 3.8) is 0 Å². The topological polar surface area (TPSA) is 57.0 Å². The van der Waals surface area contributed by atoms with E-state index in [1.54, 1.807) is 0 Å². The van der Waals surface area contributed by atoms with Crippen LogP contribution >= 0.6 is 0 Å². The second-order valence-electron chi connectivity index (χ2n) is 5.69. The molecule has 21 heavy (non-hydrogen) atoms. The first kappa shape index (κ1) is 14.8. The predicted molar refractivity (Wildman–Crippen MR) is 80.1 cm³/mol. The second-order valence-corrected chi connectivity index (χ2v) is 5.69. The number of rotatable bonds is 5. The molecular formula is C16H24N2O3. The Kier molecular flexibility index (Phi) is 4.75. The molecule has 2 fully saturated rings. The fraction of sp³-hybridized carbons (Fsp3) is 0.625. The Morgan fingerprint density at radius 2 is 2.14 bits per heavy atom. The Morgan fingerprint density at radius 3 is 2.95 bits per heavy atom. The lowest BCUT2D eigenvalue weighted by Gasteiger charge is -2.38. The number of likely N-dealkylation sites (tertiary alicyclic amines) is 1. The molecule has 2 aliphatic heterocycles. The van der Waals surface area contributed by atoms with Gasteiger partial charge in [-0.1, -0.05) is 12.1 Å². The maximum Gasteiger partial charge on any atom is 0.181 e. The highest BCUT2D eigenvalue weighted by atomic mass is 16.7. The summed E-state index contributed by atoms with van der Waals surface area (Å²) in [6, 6.07) is 7.96. The average molecular weight is 292 g/mol. The first-order valence-corrected chi connectivity index (χ1v) is 7.72. The van der Waals surface area contributed by atoms with Crippen LogP contribution in [0.15, 0.2) is 24.3 Å². The lowest BCUT2D eigenvalue weighted by Crippen LogP contribution is -2.49. The van der Waals surface area contributed by atoms with E-state index >= 15 is 0 Å². The van der Waals surface area contributed by atoms with Gasteiger partial charge in [-0.3, -0.25) is 4.90 Å². The Balaban J connectivity index is 1.46.